The maximum absolute atomic E-state index is 6.68. The van der Waals surface area contributed by atoms with Gasteiger partial charge < -0.3 is 8.83 Å². The quantitative estimate of drug-likeness (QED) is 0.175. The Bertz CT molecular complexity index is 3190. The first kappa shape index (κ1) is 28.7. The van der Waals surface area contributed by atoms with E-state index in [2.05, 4.69) is 103 Å². The minimum absolute atomic E-state index is 0.588. The van der Waals surface area contributed by atoms with Crippen LogP contribution in [0.2, 0.25) is 0 Å². The Morgan fingerprint density at radius 3 is 1.88 bits per heavy atom. The highest BCUT2D eigenvalue weighted by atomic mass is 16.3. The van der Waals surface area contributed by atoms with Gasteiger partial charge in [0.2, 0.25) is 0 Å². The van der Waals surface area contributed by atoms with E-state index in [1.165, 1.54) is 16.2 Å². The topological polar surface area (TPSA) is 65.0 Å². The molecule has 242 valence electrons. The van der Waals surface area contributed by atoms with Gasteiger partial charge in [-0.1, -0.05) is 133 Å². The number of furan rings is 2. The van der Waals surface area contributed by atoms with Crippen LogP contribution in [0.3, 0.4) is 0 Å². The third-order valence-electron chi connectivity index (χ3n) is 10.1. The van der Waals surface area contributed by atoms with Gasteiger partial charge in [-0.3, -0.25) is 0 Å². The summed E-state index contributed by atoms with van der Waals surface area (Å²) in [5.41, 5.74) is 8.05. The van der Waals surface area contributed by atoms with E-state index in [-0.39, 0.29) is 0 Å². The van der Waals surface area contributed by atoms with E-state index in [9.17, 15) is 0 Å². The molecule has 0 atom stereocenters. The molecule has 0 saturated carbocycles. The average Bonchev–Trinajstić information content (AvgIpc) is 3.79. The van der Waals surface area contributed by atoms with Crippen molar-refractivity contribution in [2.75, 3.05) is 0 Å². The summed E-state index contributed by atoms with van der Waals surface area (Å²) in [7, 11) is 0. The molecule has 3 heterocycles. The highest BCUT2D eigenvalue weighted by Crippen LogP contribution is 2.41. The minimum atomic E-state index is 0.588. The fourth-order valence-electron chi connectivity index (χ4n) is 7.65. The molecule has 0 radical (unpaired) electrons. The van der Waals surface area contributed by atoms with Crippen LogP contribution in [0.5, 0.6) is 0 Å². The van der Waals surface area contributed by atoms with E-state index in [1.54, 1.807) is 0 Å². The Kier molecular flexibility index (Phi) is 6.18. The molecule has 0 aliphatic carbocycles. The second kappa shape index (κ2) is 11.2. The molecule has 5 nitrogen and oxygen atoms in total. The molecule has 0 fully saturated rings. The number of hydrogen-bond donors (Lipinski definition) is 0. The van der Waals surface area contributed by atoms with Crippen molar-refractivity contribution in [2.45, 2.75) is 0 Å². The van der Waals surface area contributed by atoms with Gasteiger partial charge in [0.25, 0.3) is 0 Å². The fraction of sp³-hybridized carbons (Fsp3) is 0. The number of fused-ring (bicyclic) bond motifs is 9. The number of benzene rings is 8. The zero-order chi connectivity index (χ0) is 34.2. The molecule has 0 aliphatic heterocycles. The van der Waals surface area contributed by atoms with Crippen LogP contribution in [0.4, 0.5) is 0 Å². The van der Waals surface area contributed by atoms with Crippen molar-refractivity contribution in [3.8, 4) is 45.3 Å². The van der Waals surface area contributed by atoms with Crippen molar-refractivity contribution in [3.05, 3.63) is 164 Å². The van der Waals surface area contributed by atoms with Crippen LogP contribution in [-0.4, -0.2) is 15.0 Å². The Labute approximate surface area is 297 Å². The molecule has 0 amide bonds. The van der Waals surface area contributed by atoms with Crippen LogP contribution in [0.15, 0.2) is 173 Å². The number of aromatic nitrogens is 3. The van der Waals surface area contributed by atoms with Gasteiger partial charge in [-0.15, -0.1) is 0 Å². The Morgan fingerprint density at radius 2 is 0.962 bits per heavy atom. The molecule has 0 saturated heterocycles. The summed E-state index contributed by atoms with van der Waals surface area (Å²) in [4.78, 5) is 15.3. The second-order valence-corrected chi connectivity index (χ2v) is 13.2. The largest absolute Gasteiger partial charge is 0.456 e. The lowest BCUT2D eigenvalue weighted by atomic mass is 9.99. The molecule has 3 aromatic heterocycles. The van der Waals surface area contributed by atoms with Crippen molar-refractivity contribution in [3.63, 3.8) is 0 Å². The van der Waals surface area contributed by atoms with Crippen LogP contribution < -0.4 is 0 Å². The van der Waals surface area contributed by atoms with Crippen LogP contribution in [0, 0.1) is 0 Å². The van der Waals surface area contributed by atoms with Gasteiger partial charge in [0.1, 0.15) is 22.3 Å². The summed E-state index contributed by atoms with van der Waals surface area (Å²) < 4.78 is 12.9. The average molecular weight is 666 g/mol. The van der Waals surface area contributed by atoms with E-state index in [0.29, 0.717) is 17.5 Å². The smallest absolute Gasteiger partial charge is 0.164 e. The standard InChI is InChI=1S/C47H27N3O2/c1-2-11-29(12-3-1)45-48-46(32-23-24-34-30(26-32)21-20-28-10-4-5-13-33(28)34)50-47(49-45)39-17-9-19-41-43(39)38-16-8-15-35(44(38)52-41)31-22-25-37-36-14-6-7-18-40(36)51-42(37)27-31/h1-27H. The first-order valence-corrected chi connectivity index (χ1v) is 17.3. The van der Waals surface area contributed by atoms with Gasteiger partial charge in [0.05, 0.1) is 0 Å². The van der Waals surface area contributed by atoms with Crippen molar-refractivity contribution in [1.82, 2.24) is 15.0 Å². The van der Waals surface area contributed by atoms with Gasteiger partial charge in [-0.05, 0) is 57.4 Å². The van der Waals surface area contributed by atoms with Crippen LogP contribution in [0.25, 0.3) is 111 Å². The molecule has 0 bridgehead atoms. The van der Waals surface area contributed by atoms with Gasteiger partial charge >= 0.3 is 0 Å². The number of para-hydroxylation sites is 2. The van der Waals surface area contributed by atoms with Gasteiger partial charge in [0.15, 0.2) is 17.5 Å². The summed E-state index contributed by atoms with van der Waals surface area (Å²) in [6, 6.07) is 56.3. The van der Waals surface area contributed by atoms with E-state index in [4.69, 9.17) is 23.8 Å². The fourth-order valence-corrected chi connectivity index (χ4v) is 7.65. The number of rotatable bonds is 4. The van der Waals surface area contributed by atoms with Crippen LogP contribution >= 0.6 is 0 Å². The first-order chi connectivity index (χ1) is 25.7. The van der Waals surface area contributed by atoms with E-state index >= 15 is 0 Å². The molecule has 11 rings (SSSR count). The molecule has 8 aromatic carbocycles. The highest BCUT2D eigenvalue weighted by molar-refractivity contribution is 6.15. The van der Waals surface area contributed by atoms with E-state index < -0.39 is 0 Å². The number of hydrogen-bond acceptors (Lipinski definition) is 5. The van der Waals surface area contributed by atoms with Gasteiger partial charge in [-0.25, -0.2) is 15.0 Å². The maximum Gasteiger partial charge on any atom is 0.164 e. The molecule has 0 unspecified atom stereocenters. The molecular weight excluding hydrogens is 639 g/mol. The molecule has 5 heteroatoms. The summed E-state index contributed by atoms with van der Waals surface area (Å²) in [5, 5.41) is 8.94. The summed E-state index contributed by atoms with van der Waals surface area (Å²) in [5.74, 6) is 1.82. The molecule has 0 aliphatic rings. The van der Waals surface area contributed by atoms with E-state index in [1.807, 2.05) is 60.7 Å². The zero-order valence-corrected chi connectivity index (χ0v) is 27.7. The minimum Gasteiger partial charge on any atom is -0.456 e. The SMILES string of the molecule is c1ccc(-c2nc(-c3ccc4c(ccc5ccccc54)c3)nc(-c3cccc4oc5c(-c6ccc7c(c6)oc6ccccc67)cccc5c34)n2)cc1. The van der Waals surface area contributed by atoms with Gasteiger partial charge in [-0.2, -0.15) is 0 Å². The Hall–Kier alpha value is -7.11. The van der Waals surface area contributed by atoms with Crippen molar-refractivity contribution >= 4 is 65.4 Å². The molecule has 11 aromatic rings. The molecule has 0 N–H and O–H groups in total. The third-order valence-corrected chi connectivity index (χ3v) is 10.1. The third kappa shape index (κ3) is 4.46. The predicted octanol–water partition coefficient (Wildman–Crippen LogP) is 12.6. The van der Waals surface area contributed by atoms with Crippen molar-refractivity contribution < 1.29 is 8.83 Å². The second-order valence-electron chi connectivity index (χ2n) is 13.2. The zero-order valence-electron chi connectivity index (χ0n) is 27.7. The first-order valence-electron chi connectivity index (χ1n) is 17.3. The lowest BCUT2D eigenvalue weighted by Gasteiger charge is -2.10. The summed E-state index contributed by atoms with van der Waals surface area (Å²) in [6.07, 6.45) is 0. The normalized spacial score (nSPS) is 11.8. The van der Waals surface area contributed by atoms with Crippen LogP contribution in [0.1, 0.15) is 0 Å². The van der Waals surface area contributed by atoms with E-state index in [0.717, 1.165) is 77.1 Å². The maximum atomic E-state index is 6.68. The summed E-state index contributed by atoms with van der Waals surface area (Å²) >= 11 is 0. The monoisotopic (exact) mass is 665 g/mol. The Balaban J connectivity index is 1.10. The van der Waals surface area contributed by atoms with Gasteiger partial charge in [0, 0.05) is 43.8 Å². The molecule has 52 heavy (non-hydrogen) atoms. The van der Waals surface area contributed by atoms with Crippen molar-refractivity contribution in [1.29, 1.82) is 0 Å². The predicted molar refractivity (Wildman–Crippen MR) is 211 cm³/mol. The molecular formula is C47H27N3O2. The Morgan fingerprint density at radius 1 is 0.327 bits per heavy atom. The highest BCUT2D eigenvalue weighted by Gasteiger charge is 2.20. The lowest BCUT2D eigenvalue weighted by molar-refractivity contribution is 0.668. The summed E-state index contributed by atoms with van der Waals surface area (Å²) in [6.45, 7) is 0. The van der Waals surface area contributed by atoms with Crippen LogP contribution in [-0.2, 0) is 0 Å². The van der Waals surface area contributed by atoms with Crippen molar-refractivity contribution in [2.24, 2.45) is 0 Å². The number of nitrogens with zero attached hydrogens (tertiary/aromatic N) is 3. The lowest BCUT2D eigenvalue weighted by Crippen LogP contribution is -2.00. The molecule has 0 spiro atoms.